The van der Waals surface area contributed by atoms with Gasteiger partial charge < -0.3 is 24.4 Å². The zero-order valence-electron chi connectivity index (χ0n) is 18.5. The molecule has 1 aliphatic heterocycles. The number of rotatable bonds is 8. The van der Waals surface area contributed by atoms with E-state index in [9.17, 15) is 4.39 Å². The summed E-state index contributed by atoms with van der Waals surface area (Å²) >= 11 is 19.1. The number of ether oxygens (including phenoxy) is 3. The van der Waals surface area contributed by atoms with Crippen LogP contribution in [0.1, 0.15) is 11.1 Å². The van der Waals surface area contributed by atoms with Gasteiger partial charge in [0.1, 0.15) is 12.4 Å². The van der Waals surface area contributed by atoms with Gasteiger partial charge in [-0.2, -0.15) is 0 Å². The van der Waals surface area contributed by atoms with Crippen molar-refractivity contribution in [3.05, 3.63) is 80.5 Å². The maximum atomic E-state index is 13.3. The Morgan fingerprint density at radius 1 is 0.912 bits per heavy atom. The van der Waals surface area contributed by atoms with Crippen molar-refractivity contribution in [2.75, 3.05) is 43.6 Å². The molecule has 9 heteroatoms. The minimum Gasteiger partial charge on any atom is -0.493 e. The Labute approximate surface area is 213 Å². The molecule has 0 unspecified atom stereocenters. The highest BCUT2D eigenvalue weighted by Crippen LogP contribution is 2.35. The van der Waals surface area contributed by atoms with E-state index in [4.69, 9.17) is 49.0 Å². The monoisotopic (exact) mass is 524 g/mol. The zero-order valence-corrected chi connectivity index (χ0v) is 20.8. The van der Waals surface area contributed by atoms with E-state index >= 15 is 0 Å². The number of anilines is 2. The predicted octanol–water partition coefficient (Wildman–Crippen LogP) is 6.82. The van der Waals surface area contributed by atoms with Crippen molar-refractivity contribution >= 4 is 46.2 Å². The Balaban J connectivity index is 1.42. The third-order valence-corrected chi connectivity index (χ3v) is 6.52. The lowest BCUT2D eigenvalue weighted by Crippen LogP contribution is -2.36. The maximum absolute atomic E-state index is 13.3. The molecule has 1 aliphatic rings. The molecule has 0 saturated carbocycles. The van der Waals surface area contributed by atoms with E-state index in [2.05, 4.69) is 10.2 Å². The first-order chi connectivity index (χ1) is 16.4. The fourth-order valence-corrected chi connectivity index (χ4v) is 4.40. The quantitative estimate of drug-likeness (QED) is 0.349. The molecule has 0 aliphatic carbocycles. The van der Waals surface area contributed by atoms with E-state index in [1.54, 1.807) is 19.2 Å². The highest BCUT2D eigenvalue weighted by Gasteiger charge is 2.15. The van der Waals surface area contributed by atoms with Gasteiger partial charge in [0.15, 0.2) is 11.5 Å². The molecule has 3 aromatic carbocycles. The van der Waals surface area contributed by atoms with Crippen LogP contribution in [0.2, 0.25) is 15.1 Å². The minimum atomic E-state index is -0.400. The molecule has 1 fully saturated rings. The van der Waals surface area contributed by atoms with Crippen molar-refractivity contribution in [2.45, 2.75) is 13.2 Å². The van der Waals surface area contributed by atoms with Crippen LogP contribution >= 0.6 is 34.8 Å². The summed E-state index contributed by atoms with van der Waals surface area (Å²) in [5.41, 5.74) is 3.37. The molecule has 0 spiro atoms. The van der Waals surface area contributed by atoms with Crippen LogP contribution in [0.3, 0.4) is 0 Å². The van der Waals surface area contributed by atoms with Crippen LogP contribution in [-0.4, -0.2) is 33.4 Å². The Bertz CT molecular complexity index is 1160. The Hall–Kier alpha value is -2.38. The maximum Gasteiger partial charge on any atom is 0.163 e. The van der Waals surface area contributed by atoms with Gasteiger partial charge >= 0.3 is 0 Å². The first-order valence-corrected chi connectivity index (χ1v) is 11.9. The van der Waals surface area contributed by atoms with E-state index in [0.29, 0.717) is 51.9 Å². The Kier molecular flexibility index (Phi) is 8.27. The summed E-state index contributed by atoms with van der Waals surface area (Å²) < 4.78 is 30.0. The van der Waals surface area contributed by atoms with Crippen molar-refractivity contribution < 1.29 is 18.6 Å². The van der Waals surface area contributed by atoms with Gasteiger partial charge in [-0.05, 0) is 42.0 Å². The van der Waals surface area contributed by atoms with E-state index in [1.807, 2.05) is 24.3 Å². The average molecular weight is 526 g/mol. The third kappa shape index (κ3) is 5.99. The van der Waals surface area contributed by atoms with Crippen LogP contribution in [0.5, 0.6) is 11.5 Å². The second kappa shape index (κ2) is 11.4. The summed E-state index contributed by atoms with van der Waals surface area (Å²) in [4.78, 5) is 2.22. The van der Waals surface area contributed by atoms with Crippen LogP contribution in [0.15, 0.2) is 48.5 Å². The molecular formula is C25H24Cl3FN2O3. The zero-order chi connectivity index (χ0) is 24.1. The molecule has 0 atom stereocenters. The smallest absolute Gasteiger partial charge is 0.163 e. The molecule has 34 heavy (non-hydrogen) atoms. The van der Waals surface area contributed by atoms with Crippen molar-refractivity contribution in [2.24, 2.45) is 0 Å². The van der Waals surface area contributed by atoms with Gasteiger partial charge in [-0.3, -0.25) is 0 Å². The molecule has 3 aromatic rings. The molecule has 1 N–H and O–H groups in total. The Morgan fingerprint density at radius 3 is 2.38 bits per heavy atom. The predicted molar refractivity (Wildman–Crippen MR) is 136 cm³/mol. The normalized spacial score (nSPS) is 13.6. The van der Waals surface area contributed by atoms with Gasteiger partial charge in [-0.25, -0.2) is 4.39 Å². The van der Waals surface area contributed by atoms with Gasteiger partial charge in [0.25, 0.3) is 0 Å². The van der Waals surface area contributed by atoms with Gasteiger partial charge in [0.2, 0.25) is 0 Å². The number of benzene rings is 3. The van der Waals surface area contributed by atoms with Gasteiger partial charge in [-0.15, -0.1) is 0 Å². The average Bonchev–Trinajstić information content (AvgIpc) is 2.83. The number of hydrogen-bond donors (Lipinski definition) is 1. The lowest BCUT2D eigenvalue weighted by Gasteiger charge is -2.29. The molecule has 180 valence electrons. The fourth-order valence-electron chi connectivity index (χ4n) is 3.65. The summed E-state index contributed by atoms with van der Waals surface area (Å²) in [7, 11) is 1.56. The standard InChI is InChI=1S/C25H24Cl3FN2O3/c1-32-24-10-17(21(27)13-25(24)34-15-16-2-3-18(29)11-20(16)26)14-30-19-4-5-23(22(28)12-19)31-6-8-33-9-7-31/h2-5,10-13,30H,6-9,14-15H2,1H3. The highest BCUT2D eigenvalue weighted by atomic mass is 35.5. The molecule has 0 amide bonds. The number of halogens is 4. The topological polar surface area (TPSA) is 43.0 Å². The lowest BCUT2D eigenvalue weighted by atomic mass is 10.1. The second-order valence-corrected chi connectivity index (χ2v) is 8.96. The summed E-state index contributed by atoms with van der Waals surface area (Å²) in [5.74, 6) is 0.595. The number of nitrogens with zero attached hydrogens (tertiary/aromatic N) is 1. The van der Waals surface area contributed by atoms with Crippen LogP contribution in [0.25, 0.3) is 0 Å². The van der Waals surface area contributed by atoms with Gasteiger partial charge in [-0.1, -0.05) is 40.9 Å². The van der Waals surface area contributed by atoms with Gasteiger partial charge in [0.05, 0.1) is 36.1 Å². The molecule has 5 nitrogen and oxygen atoms in total. The number of morpholine rings is 1. The van der Waals surface area contributed by atoms with Crippen molar-refractivity contribution in [1.29, 1.82) is 0 Å². The molecular weight excluding hydrogens is 502 g/mol. The Morgan fingerprint density at radius 2 is 1.68 bits per heavy atom. The van der Waals surface area contributed by atoms with Crippen molar-refractivity contribution in [3.63, 3.8) is 0 Å². The second-order valence-electron chi connectivity index (χ2n) is 7.74. The third-order valence-electron chi connectivity index (χ3n) is 5.51. The lowest BCUT2D eigenvalue weighted by molar-refractivity contribution is 0.122. The van der Waals surface area contributed by atoms with Crippen LogP contribution in [-0.2, 0) is 17.9 Å². The summed E-state index contributed by atoms with van der Waals surface area (Å²) in [5, 5.41) is 4.85. The van der Waals surface area contributed by atoms with Gasteiger partial charge in [0, 0.05) is 42.0 Å². The van der Waals surface area contributed by atoms with Crippen LogP contribution in [0.4, 0.5) is 15.8 Å². The van der Waals surface area contributed by atoms with Crippen molar-refractivity contribution in [3.8, 4) is 11.5 Å². The van der Waals surface area contributed by atoms with E-state index in [1.165, 1.54) is 12.1 Å². The number of nitrogens with one attached hydrogen (secondary N) is 1. The fraction of sp³-hybridized carbons (Fsp3) is 0.280. The van der Waals surface area contributed by atoms with E-state index < -0.39 is 5.82 Å². The first-order valence-electron chi connectivity index (χ1n) is 10.7. The SMILES string of the molecule is COc1cc(CNc2ccc(N3CCOCC3)c(Cl)c2)c(Cl)cc1OCc1ccc(F)cc1Cl. The highest BCUT2D eigenvalue weighted by molar-refractivity contribution is 6.33. The number of hydrogen-bond acceptors (Lipinski definition) is 5. The number of methoxy groups -OCH3 is 1. The minimum absolute atomic E-state index is 0.150. The van der Waals surface area contributed by atoms with Crippen LogP contribution in [0, 0.1) is 5.82 Å². The van der Waals surface area contributed by atoms with E-state index in [0.717, 1.165) is 30.0 Å². The summed E-state index contributed by atoms with van der Waals surface area (Å²) in [6.07, 6.45) is 0. The molecule has 0 aromatic heterocycles. The van der Waals surface area contributed by atoms with Crippen LogP contribution < -0.4 is 19.7 Å². The molecule has 4 rings (SSSR count). The molecule has 1 heterocycles. The summed E-state index contributed by atoms with van der Waals surface area (Å²) in [6.45, 7) is 3.66. The summed E-state index contributed by atoms with van der Waals surface area (Å²) in [6, 6.07) is 13.6. The van der Waals surface area contributed by atoms with E-state index in [-0.39, 0.29) is 6.61 Å². The molecule has 0 radical (unpaired) electrons. The first kappa shape index (κ1) is 24.7. The molecule has 1 saturated heterocycles. The van der Waals surface area contributed by atoms with Crippen molar-refractivity contribution in [1.82, 2.24) is 0 Å². The largest absolute Gasteiger partial charge is 0.493 e. The molecule has 0 bridgehead atoms.